The Hall–Kier alpha value is -6.64. The third-order valence-electron chi connectivity index (χ3n) is 8.26. The van der Waals surface area contributed by atoms with Gasteiger partial charge in [0.2, 0.25) is 11.8 Å². The molecule has 3 amide bonds. The second-order valence-electron chi connectivity index (χ2n) is 19.4. The minimum atomic E-state index is -1.01. The van der Waals surface area contributed by atoms with Gasteiger partial charge in [0.05, 0.1) is 16.6 Å². The molecule has 6 aromatic heterocycles. The highest BCUT2D eigenvalue weighted by Crippen LogP contribution is 2.30. The van der Waals surface area contributed by atoms with Gasteiger partial charge in [0, 0.05) is 34.4 Å². The van der Waals surface area contributed by atoms with E-state index in [9.17, 15) is 28.8 Å². The Morgan fingerprint density at radius 2 is 0.931 bits per heavy atom. The number of aromatic nitrogens is 6. The summed E-state index contributed by atoms with van der Waals surface area (Å²) in [6.45, 7) is 22.8. The van der Waals surface area contributed by atoms with Crippen LogP contribution in [-0.4, -0.2) is 107 Å². The summed E-state index contributed by atoms with van der Waals surface area (Å²) in [6.07, 6.45) is 1.54. The van der Waals surface area contributed by atoms with E-state index < -0.39 is 70.5 Å². The summed E-state index contributed by atoms with van der Waals surface area (Å²) >= 11 is 5.01. The number of primary amides is 1. The molecule has 6 rings (SSSR count). The molecular weight excluding hydrogens is 1010 g/mol. The Kier molecular flexibility index (Phi) is 18.2. The maximum atomic E-state index is 12.8. The molecule has 0 fully saturated rings. The van der Waals surface area contributed by atoms with Crippen molar-refractivity contribution in [3.05, 3.63) is 55.4 Å². The molecule has 6 heterocycles. The summed E-state index contributed by atoms with van der Waals surface area (Å²) in [5.41, 5.74) is 4.45. The minimum Gasteiger partial charge on any atom is -0.461 e. The first-order chi connectivity index (χ1) is 33.4. The van der Waals surface area contributed by atoms with Crippen LogP contribution in [0, 0.1) is 0 Å². The van der Waals surface area contributed by atoms with Gasteiger partial charge in [0.25, 0.3) is 5.91 Å². The minimum absolute atomic E-state index is 0.0842. The molecule has 22 nitrogen and oxygen atoms in total. The number of nitrogens with zero attached hydrogens (tertiary/aromatic N) is 6. The van der Waals surface area contributed by atoms with Crippen LogP contribution in [0.15, 0.2) is 42.9 Å². The summed E-state index contributed by atoms with van der Waals surface area (Å²) in [5, 5.41) is 13.8. The zero-order valence-electron chi connectivity index (χ0n) is 41.9. The fourth-order valence-corrected chi connectivity index (χ4v) is 8.69. The number of carbonyl (C=O) groups excluding carboxylic acids is 6. The number of amides is 3. The van der Waals surface area contributed by atoms with Crippen molar-refractivity contribution in [2.45, 2.75) is 137 Å². The molecule has 0 saturated heterocycles. The van der Waals surface area contributed by atoms with Crippen molar-refractivity contribution < 1.29 is 61.3 Å². The average molecular weight is 1070 g/mol. The third kappa shape index (κ3) is 17.6. The van der Waals surface area contributed by atoms with Crippen molar-refractivity contribution >= 4 is 81.3 Å². The lowest BCUT2D eigenvalue weighted by atomic mass is 10.1. The van der Waals surface area contributed by atoms with E-state index in [2.05, 4.69) is 40.5 Å². The van der Waals surface area contributed by atoms with Gasteiger partial charge in [-0.1, -0.05) is 0 Å². The maximum Gasteiger partial charge on any atom is 0.408 e. The number of alkyl carbamates (subject to hydrolysis) is 2. The second kappa shape index (κ2) is 23.3. The van der Waals surface area contributed by atoms with E-state index >= 15 is 0 Å². The molecule has 0 aromatic carbocycles. The lowest BCUT2D eigenvalue weighted by Crippen LogP contribution is -2.47. The Morgan fingerprint density at radius 1 is 0.542 bits per heavy atom. The van der Waals surface area contributed by atoms with E-state index in [1.807, 2.05) is 0 Å². The number of nitrogens with one attached hydrogen (secondary N) is 2. The highest BCUT2D eigenvalue weighted by molar-refractivity contribution is 7.13. The highest BCUT2D eigenvalue weighted by atomic mass is 32.1. The molecular formula is C46H57N9O13S4. The summed E-state index contributed by atoms with van der Waals surface area (Å²) < 4.78 is 37.6. The number of ether oxygens (including phenoxy) is 5. The molecule has 2 atom stereocenters. The van der Waals surface area contributed by atoms with Gasteiger partial charge in [-0.2, -0.15) is 0 Å². The molecule has 0 unspecified atom stereocenters. The van der Waals surface area contributed by atoms with Crippen LogP contribution in [0.25, 0.3) is 44.6 Å². The third-order valence-corrected chi connectivity index (χ3v) is 11.7. The Bertz CT molecular complexity index is 2850. The van der Waals surface area contributed by atoms with Crippen LogP contribution in [0.5, 0.6) is 0 Å². The monoisotopic (exact) mass is 1070 g/mol. The highest BCUT2D eigenvalue weighted by Gasteiger charge is 2.32. The molecule has 26 heteroatoms. The zero-order valence-corrected chi connectivity index (χ0v) is 45.2. The number of carbonyl (C=O) groups is 6. The summed E-state index contributed by atoms with van der Waals surface area (Å²) in [4.78, 5) is 99.6. The largest absolute Gasteiger partial charge is 0.461 e. The normalized spacial score (nSPS) is 12.7. The predicted molar refractivity (Wildman–Crippen MR) is 267 cm³/mol. The second-order valence-corrected chi connectivity index (χ2v) is 23.0. The summed E-state index contributed by atoms with van der Waals surface area (Å²) in [6, 6.07) is -2.02. The topological polar surface area (TPSA) is 302 Å². The van der Waals surface area contributed by atoms with Crippen LogP contribution < -0.4 is 16.4 Å². The molecule has 0 radical (unpaired) electrons. The fraction of sp³-hybridized carbons (Fsp3) is 0.478. The number of oxazole rings is 2. The van der Waals surface area contributed by atoms with Crippen LogP contribution in [0.4, 0.5) is 9.59 Å². The first-order valence-corrected chi connectivity index (χ1v) is 25.6. The number of rotatable bonds is 15. The van der Waals surface area contributed by atoms with Gasteiger partial charge in [-0.3, -0.25) is 4.79 Å². The van der Waals surface area contributed by atoms with Gasteiger partial charge in [0.1, 0.15) is 85.5 Å². The quantitative estimate of drug-likeness (QED) is 0.0639. The lowest BCUT2D eigenvalue weighted by molar-refractivity contribution is -0.158. The average Bonchev–Trinajstić information content (AvgIpc) is 4.09. The van der Waals surface area contributed by atoms with Crippen LogP contribution >= 0.6 is 45.3 Å². The van der Waals surface area contributed by atoms with Gasteiger partial charge in [0.15, 0.2) is 5.69 Å². The predicted octanol–water partition coefficient (Wildman–Crippen LogP) is 8.67. The van der Waals surface area contributed by atoms with Gasteiger partial charge >= 0.3 is 30.1 Å². The first kappa shape index (κ1) is 56.3. The zero-order chi connectivity index (χ0) is 53.3. The molecule has 0 aliphatic heterocycles. The van der Waals surface area contributed by atoms with Gasteiger partial charge in [-0.15, -0.1) is 45.3 Å². The van der Waals surface area contributed by atoms with E-state index in [4.69, 9.17) is 38.3 Å². The van der Waals surface area contributed by atoms with Crippen LogP contribution in [-0.2, 0) is 46.1 Å². The SMILES string of the molecule is CC(C)(C)OC(=O)N[C@@H](Cc1nc(-c2nc(-c3nc(C(N)=O)cs3)co2)cs1)C(=O)OC(C)(C)C.CCOC(=O)c1csc(-c2coc(-c3csc(C[C@H](NC(=O)OC(C)(C)C)C(=O)OC(C)(C)C)n3)n2)n1. The van der Waals surface area contributed by atoms with E-state index in [0.717, 1.165) is 0 Å². The van der Waals surface area contributed by atoms with Crippen molar-refractivity contribution in [2.24, 2.45) is 5.73 Å². The van der Waals surface area contributed by atoms with Crippen molar-refractivity contribution in [3.63, 3.8) is 0 Å². The lowest BCUT2D eigenvalue weighted by Gasteiger charge is -2.25. The molecule has 0 saturated carbocycles. The van der Waals surface area contributed by atoms with Crippen molar-refractivity contribution in [1.82, 2.24) is 40.5 Å². The number of esters is 3. The molecule has 0 aliphatic rings. The van der Waals surface area contributed by atoms with E-state index in [-0.39, 0.29) is 42.6 Å². The van der Waals surface area contributed by atoms with E-state index in [1.165, 1.54) is 57.9 Å². The number of hydrogen-bond donors (Lipinski definition) is 3. The van der Waals surface area contributed by atoms with Crippen molar-refractivity contribution in [2.75, 3.05) is 6.61 Å². The number of hydrogen-bond acceptors (Lipinski definition) is 23. The molecule has 0 aliphatic carbocycles. The Morgan fingerprint density at radius 3 is 1.29 bits per heavy atom. The van der Waals surface area contributed by atoms with Crippen molar-refractivity contribution in [1.29, 1.82) is 0 Å². The maximum absolute atomic E-state index is 12.8. The Balaban J connectivity index is 0.000000268. The van der Waals surface area contributed by atoms with Crippen LogP contribution in [0.2, 0.25) is 0 Å². The molecule has 0 spiro atoms. The number of thiazole rings is 4. The smallest absolute Gasteiger partial charge is 0.408 e. The van der Waals surface area contributed by atoms with Crippen LogP contribution in [0.1, 0.15) is 121 Å². The van der Waals surface area contributed by atoms with Crippen LogP contribution in [0.3, 0.4) is 0 Å². The molecule has 388 valence electrons. The van der Waals surface area contributed by atoms with E-state index in [1.54, 1.807) is 112 Å². The van der Waals surface area contributed by atoms with E-state index in [0.29, 0.717) is 42.8 Å². The fourth-order valence-electron chi connectivity index (χ4n) is 5.56. The molecule has 0 bridgehead atoms. The molecule has 72 heavy (non-hydrogen) atoms. The molecule has 4 N–H and O–H groups in total. The van der Waals surface area contributed by atoms with Crippen molar-refractivity contribution in [3.8, 4) is 44.6 Å². The molecule has 6 aromatic rings. The number of nitrogens with two attached hydrogens (primary N) is 1. The van der Waals surface area contributed by atoms with Gasteiger partial charge in [-0.25, -0.2) is 53.9 Å². The van der Waals surface area contributed by atoms with Gasteiger partial charge in [-0.05, 0) is 90.0 Å². The van der Waals surface area contributed by atoms with Gasteiger partial charge < -0.3 is 48.9 Å². The standard InChI is InChI=1S/C24H30N4O7S2.C22H27N5O6S2/c1-8-32-20(29)16-12-37-19(27-16)14-10-33-18(26-14)15-11-36-17(25-15)9-13(21(30)34-23(2,3)4)28-22(31)35-24(5,6)7;1-21(2,3)32-19(29)11(27-20(30)33-22(4,5)6)7-15-24-14(10-34-15)17-25-12(8-31-17)18-26-13(9-35-18)16(23)28/h10-13H,8-9H2,1-7H3,(H,28,31);8-11H,7H2,1-6H3,(H2,23,28)(H,27,30)/t13-;11-/m00/s1. The summed E-state index contributed by atoms with van der Waals surface area (Å²) in [7, 11) is 0. The first-order valence-electron chi connectivity index (χ1n) is 22.1. The summed E-state index contributed by atoms with van der Waals surface area (Å²) in [5.74, 6) is -1.84. The Labute approximate surface area is 430 Å².